The van der Waals surface area contributed by atoms with Crippen LogP contribution in [-0.2, 0) is 7.05 Å². The van der Waals surface area contributed by atoms with E-state index in [0.29, 0.717) is 11.8 Å². The van der Waals surface area contributed by atoms with Gasteiger partial charge in [-0.15, -0.1) is 0 Å². The first kappa shape index (κ1) is 14.1. The Morgan fingerprint density at radius 3 is 2.83 bits per heavy atom. The highest BCUT2D eigenvalue weighted by molar-refractivity contribution is 9.10. The van der Waals surface area contributed by atoms with Crippen molar-refractivity contribution >= 4 is 15.9 Å². The molecule has 18 heavy (non-hydrogen) atoms. The molecule has 1 aromatic heterocycles. The molecule has 1 heterocycles. The van der Waals surface area contributed by atoms with Crippen LogP contribution in [0.5, 0.6) is 0 Å². The number of hydrogen-bond acceptors (Lipinski definition) is 2. The van der Waals surface area contributed by atoms with E-state index < -0.39 is 0 Å². The van der Waals surface area contributed by atoms with Gasteiger partial charge in [-0.25, -0.2) is 0 Å². The van der Waals surface area contributed by atoms with Gasteiger partial charge in [-0.2, -0.15) is 5.10 Å². The molecule has 3 nitrogen and oxygen atoms in total. The van der Waals surface area contributed by atoms with Crippen LogP contribution in [0.4, 0.5) is 0 Å². The summed E-state index contributed by atoms with van der Waals surface area (Å²) in [5, 5.41) is 4.36. The molecule has 1 fully saturated rings. The maximum Gasteiger partial charge on any atom is 0.0635 e. The van der Waals surface area contributed by atoms with Crippen molar-refractivity contribution in [3.8, 4) is 0 Å². The SMILES string of the molecule is CCCC1CCC(CN)C(c2c(Br)cnn2C)C1. The fraction of sp³-hybridized carbons (Fsp3) is 0.786. The van der Waals surface area contributed by atoms with Gasteiger partial charge < -0.3 is 5.73 Å². The fourth-order valence-corrected chi connectivity index (χ4v) is 4.09. The van der Waals surface area contributed by atoms with Crippen molar-refractivity contribution in [2.45, 2.75) is 44.9 Å². The average Bonchev–Trinajstić information content (AvgIpc) is 2.69. The van der Waals surface area contributed by atoms with Crippen LogP contribution >= 0.6 is 15.9 Å². The number of aryl methyl sites for hydroxylation is 1. The van der Waals surface area contributed by atoms with Gasteiger partial charge in [-0.1, -0.05) is 26.2 Å². The Morgan fingerprint density at radius 1 is 1.50 bits per heavy atom. The van der Waals surface area contributed by atoms with Crippen LogP contribution in [0.2, 0.25) is 0 Å². The lowest BCUT2D eigenvalue weighted by Crippen LogP contribution is -2.30. The van der Waals surface area contributed by atoms with Gasteiger partial charge in [0.2, 0.25) is 0 Å². The summed E-state index contributed by atoms with van der Waals surface area (Å²) in [6.07, 6.45) is 8.44. The van der Waals surface area contributed by atoms with E-state index in [1.165, 1.54) is 37.8 Å². The molecule has 0 radical (unpaired) electrons. The van der Waals surface area contributed by atoms with E-state index in [2.05, 4.69) is 28.0 Å². The van der Waals surface area contributed by atoms with Crippen LogP contribution < -0.4 is 5.73 Å². The summed E-state index contributed by atoms with van der Waals surface area (Å²) >= 11 is 3.64. The number of halogens is 1. The fourth-order valence-electron chi connectivity index (χ4n) is 3.45. The minimum Gasteiger partial charge on any atom is -0.330 e. The lowest BCUT2D eigenvalue weighted by molar-refractivity contribution is 0.223. The predicted octanol–water partition coefficient (Wildman–Crippen LogP) is 3.44. The van der Waals surface area contributed by atoms with Crippen LogP contribution in [0.3, 0.4) is 0 Å². The van der Waals surface area contributed by atoms with Crippen LogP contribution in [-0.4, -0.2) is 16.3 Å². The molecule has 0 bridgehead atoms. The zero-order valence-electron chi connectivity index (χ0n) is 11.4. The minimum atomic E-state index is 0.571. The highest BCUT2D eigenvalue weighted by Crippen LogP contribution is 2.43. The molecule has 1 saturated carbocycles. The zero-order chi connectivity index (χ0) is 13.1. The van der Waals surface area contributed by atoms with E-state index in [1.54, 1.807) is 0 Å². The third kappa shape index (κ3) is 2.80. The molecular weight excluding hydrogens is 290 g/mol. The van der Waals surface area contributed by atoms with Crippen molar-refractivity contribution < 1.29 is 0 Å². The summed E-state index contributed by atoms with van der Waals surface area (Å²) in [5.74, 6) is 2.05. The lowest BCUT2D eigenvalue weighted by atomic mass is 9.71. The molecule has 102 valence electrons. The molecule has 0 amide bonds. The highest BCUT2D eigenvalue weighted by atomic mass is 79.9. The van der Waals surface area contributed by atoms with Crippen molar-refractivity contribution in [2.75, 3.05) is 6.54 Å². The Bertz CT molecular complexity index is 369. The second-order valence-corrected chi connectivity index (χ2v) is 6.43. The molecular formula is C14H24BrN3. The molecule has 3 atom stereocenters. The van der Waals surface area contributed by atoms with E-state index in [0.717, 1.165) is 16.9 Å². The van der Waals surface area contributed by atoms with E-state index in [4.69, 9.17) is 5.73 Å². The standard InChI is InChI=1S/C14H24BrN3/c1-3-4-10-5-6-11(8-16)12(7-10)14-13(15)9-17-18(14)2/h9-12H,3-8,16H2,1-2H3. The molecule has 2 rings (SSSR count). The third-order valence-corrected chi connectivity index (χ3v) is 5.00. The Morgan fingerprint density at radius 2 is 2.28 bits per heavy atom. The monoisotopic (exact) mass is 313 g/mol. The summed E-state index contributed by atoms with van der Waals surface area (Å²) in [4.78, 5) is 0. The van der Waals surface area contributed by atoms with E-state index in [9.17, 15) is 0 Å². The topological polar surface area (TPSA) is 43.8 Å². The summed E-state index contributed by atoms with van der Waals surface area (Å²) < 4.78 is 3.16. The first-order chi connectivity index (χ1) is 8.67. The van der Waals surface area contributed by atoms with Crippen LogP contribution in [0, 0.1) is 11.8 Å². The van der Waals surface area contributed by atoms with Gasteiger partial charge >= 0.3 is 0 Å². The quantitative estimate of drug-likeness (QED) is 0.925. The molecule has 0 aromatic carbocycles. The van der Waals surface area contributed by atoms with Crippen LogP contribution in [0.25, 0.3) is 0 Å². The molecule has 2 N–H and O–H groups in total. The van der Waals surface area contributed by atoms with Crippen LogP contribution in [0.15, 0.2) is 10.7 Å². The van der Waals surface area contributed by atoms with Gasteiger partial charge in [-0.05, 0) is 47.2 Å². The van der Waals surface area contributed by atoms with Crippen molar-refractivity contribution in [3.05, 3.63) is 16.4 Å². The van der Waals surface area contributed by atoms with Crippen molar-refractivity contribution in [1.29, 1.82) is 0 Å². The Kier molecular flexibility index (Phi) is 4.84. The molecule has 3 unspecified atom stereocenters. The van der Waals surface area contributed by atoms with Crippen molar-refractivity contribution in [3.63, 3.8) is 0 Å². The number of rotatable bonds is 4. The van der Waals surface area contributed by atoms with Gasteiger partial charge in [0.05, 0.1) is 16.4 Å². The van der Waals surface area contributed by atoms with E-state index in [-0.39, 0.29) is 0 Å². The first-order valence-corrected chi connectivity index (χ1v) is 7.84. The van der Waals surface area contributed by atoms with E-state index in [1.807, 2.05) is 17.9 Å². The zero-order valence-corrected chi connectivity index (χ0v) is 13.0. The maximum atomic E-state index is 5.97. The molecule has 0 spiro atoms. The summed E-state index contributed by atoms with van der Waals surface area (Å²) in [7, 11) is 2.04. The number of nitrogens with zero attached hydrogens (tertiary/aromatic N) is 2. The molecule has 4 heteroatoms. The first-order valence-electron chi connectivity index (χ1n) is 7.04. The van der Waals surface area contributed by atoms with E-state index >= 15 is 0 Å². The Balaban J connectivity index is 2.21. The molecule has 1 aliphatic carbocycles. The summed E-state index contributed by atoms with van der Waals surface area (Å²) in [6, 6.07) is 0. The molecule has 0 aliphatic heterocycles. The predicted molar refractivity (Wildman–Crippen MR) is 78.4 cm³/mol. The highest BCUT2D eigenvalue weighted by Gasteiger charge is 2.33. The lowest BCUT2D eigenvalue weighted by Gasteiger charge is -2.36. The van der Waals surface area contributed by atoms with Crippen molar-refractivity contribution in [2.24, 2.45) is 24.6 Å². The average molecular weight is 314 g/mol. The maximum absolute atomic E-state index is 5.97. The summed E-state index contributed by atoms with van der Waals surface area (Å²) in [5.41, 5.74) is 7.31. The minimum absolute atomic E-state index is 0.571. The third-order valence-electron chi connectivity index (χ3n) is 4.39. The van der Waals surface area contributed by atoms with Crippen LogP contribution in [0.1, 0.15) is 50.6 Å². The van der Waals surface area contributed by atoms with Crippen molar-refractivity contribution in [1.82, 2.24) is 9.78 Å². The molecule has 1 aromatic rings. The normalized spacial score (nSPS) is 28.6. The largest absolute Gasteiger partial charge is 0.330 e. The van der Waals surface area contributed by atoms with Gasteiger partial charge in [0, 0.05) is 13.0 Å². The number of hydrogen-bond donors (Lipinski definition) is 1. The molecule has 0 saturated heterocycles. The second-order valence-electron chi connectivity index (χ2n) is 5.57. The van der Waals surface area contributed by atoms with Gasteiger partial charge in [0.1, 0.15) is 0 Å². The molecule has 1 aliphatic rings. The van der Waals surface area contributed by atoms with Gasteiger partial charge in [0.15, 0.2) is 0 Å². The smallest absolute Gasteiger partial charge is 0.0635 e. The summed E-state index contributed by atoms with van der Waals surface area (Å²) in [6.45, 7) is 3.07. The second kappa shape index (κ2) is 6.20. The Labute approximate surface area is 118 Å². The number of aromatic nitrogens is 2. The van der Waals surface area contributed by atoms with Gasteiger partial charge in [0.25, 0.3) is 0 Å². The van der Waals surface area contributed by atoms with Gasteiger partial charge in [-0.3, -0.25) is 4.68 Å². The number of nitrogens with two attached hydrogens (primary N) is 1. The Hall–Kier alpha value is -0.350.